The average molecular weight is 722 g/mol. The summed E-state index contributed by atoms with van der Waals surface area (Å²) >= 11 is 5.99. The number of benzene rings is 3. The van der Waals surface area contributed by atoms with Crippen LogP contribution in [0, 0.1) is 0 Å². The number of nitrogens with zero attached hydrogens (tertiary/aromatic N) is 3. The van der Waals surface area contributed by atoms with Gasteiger partial charge in [0.25, 0.3) is 0 Å². The van der Waals surface area contributed by atoms with Crippen molar-refractivity contribution in [1.29, 1.82) is 0 Å². The van der Waals surface area contributed by atoms with Crippen molar-refractivity contribution in [2.75, 3.05) is 26.2 Å². The minimum atomic E-state index is -2.77. The molecule has 1 aromatic heterocycles. The molecule has 0 amide bonds. The lowest BCUT2D eigenvalue weighted by Crippen LogP contribution is -2.43. The summed E-state index contributed by atoms with van der Waals surface area (Å²) in [5, 5.41) is 29.1. The molecule has 272 valence electrons. The van der Waals surface area contributed by atoms with Crippen molar-refractivity contribution in [3.63, 3.8) is 0 Å². The molecule has 0 saturated carbocycles. The highest BCUT2D eigenvalue weighted by Crippen LogP contribution is 2.28. The highest BCUT2D eigenvalue weighted by Gasteiger charge is 2.41. The summed E-state index contributed by atoms with van der Waals surface area (Å²) < 4.78 is 19.2. The lowest BCUT2D eigenvalue weighted by atomic mass is 9.96. The number of carboxylic acids is 2. The molecule has 0 radical (unpaired) electrons. The zero-order valence-electron chi connectivity index (χ0n) is 29.0. The lowest BCUT2D eigenvalue weighted by Gasteiger charge is -2.21. The minimum Gasteiger partial charge on any atom is -0.494 e. The standard InChI is InChI=1S/C38H44ClN3O9/c1-4-41(5-2)21-6-22-49-30-14-8-27(9-15-30)33-25-42(29-12-18-32(19-13-29)51-31-16-10-28(39)11-17-31)34(40-33)20-7-26(3)50-36(45)24-38(48,37(46)47)23-35(43)44/h8-19,25-26,48H,4-7,20-24H2,1-3H3,(H,43,44)(H,46,47). The average Bonchev–Trinajstić information content (AvgIpc) is 3.53. The molecule has 4 aromatic rings. The Labute approximate surface area is 302 Å². The van der Waals surface area contributed by atoms with Crippen LogP contribution in [0.3, 0.4) is 0 Å². The van der Waals surface area contributed by atoms with Crippen molar-refractivity contribution >= 4 is 29.5 Å². The maximum atomic E-state index is 12.5. The van der Waals surface area contributed by atoms with E-state index in [-0.39, 0.29) is 0 Å². The number of hydrogen-bond donors (Lipinski definition) is 3. The second kappa shape index (κ2) is 18.4. The highest BCUT2D eigenvalue weighted by molar-refractivity contribution is 6.30. The van der Waals surface area contributed by atoms with Gasteiger partial charge in [0, 0.05) is 35.4 Å². The third-order valence-corrected chi connectivity index (χ3v) is 8.51. The number of carbonyl (C=O) groups is 3. The molecule has 4 rings (SSSR count). The number of aliphatic hydroxyl groups is 1. The summed E-state index contributed by atoms with van der Waals surface area (Å²) in [5.74, 6) is -1.69. The summed E-state index contributed by atoms with van der Waals surface area (Å²) in [6, 6.07) is 22.3. The van der Waals surface area contributed by atoms with Gasteiger partial charge in [-0.3, -0.25) is 9.59 Å². The number of esters is 1. The number of halogens is 1. The number of aryl methyl sites for hydroxylation is 1. The zero-order valence-corrected chi connectivity index (χ0v) is 29.7. The van der Waals surface area contributed by atoms with Gasteiger partial charge in [-0.05, 0) is 106 Å². The van der Waals surface area contributed by atoms with Crippen molar-refractivity contribution in [2.24, 2.45) is 0 Å². The largest absolute Gasteiger partial charge is 0.494 e. The molecule has 0 aliphatic heterocycles. The molecule has 0 aliphatic carbocycles. The second-order valence-corrected chi connectivity index (χ2v) is 12.6. The first-order chi connectivity index (χ1) is 24.4. The van der Waals surface area contributed by atoms with Gasteiger partial charge in [-0.25, -0.2) is 9.78 Å². The van der Waals surface area contributed by atoms with Gasteiger partial charge in [0.2, 0.25) is 0 Å². The number of imidazole rings is 1. The van der Waals surface area contributed by atoms with E-state index in [1.54, 1.807) is 31.2 Å². The van der Waals surface area contributed by atoms with E-state index in [1.807, 2.05) is 59.3 Å². The summed E-state index contributed by atoms with van der Waals surface area (Å²) in [4.78, 5) is 42.3. The second-order valence-electron chi connectivity index (χ2n) is 12.1. The number of ether oxygens (including phenoxy) is 3. The molecule has 0 saturated heterocycles. The minimum absolute atomic E-state index is 0.310. The first-order valence-electron chi connectivity index (χ1n) is 16.8. The predicted molar refractivity (Wildman–Crippen MR) is 192 cm³/mol. The number of carboxylic acid groups (broad SMARTS) is 2. The van der Waals surface area contributed by atoms with Gasteiger partial charge >= 0.3 is 17.9 Å². The summed E-state index contributed by atoms with van der Waals surface area (Å²) in [6.07, 6.45) is 0.685. The van der Waals surface area contributed by atoms with E-state index >= 15 is 0 Å². The van der Waals surface area contributed by atoms with Crippen molar-refractivity contribution < 1.29 is 43.9 Å². The Morgan fingerprint density at radius 3 is 2.10 bits per heavy atom. The van der Waals surface area contributed by atoms with E-state index in [0.29, 0.717) is 47.5 Å². The van der Waals surface area contributed by atoms with Gasteiger partial charge in [-0.15, -0.1) is 0 Å². The molecule has 0 bridgehead atoms. The summed E-state index contributed by atoms with van der Waals surface area (Å²) in [7, 11) is 0. The Morgan fingerprint density at radius 2 is 1.51 bits per heavy atom. The number of carbonyl (C=O) groups excluding carboxylic acids is 1. The van der Waals surface area contributed by atoms with E-state index in [2.05, 4.69) is 18.7 Å². The van der Waals surface area contributed by atoms with Gasteiger partial charge < -0.3 is 39.0 Å². The highest BCUT2D eigenvalue weighted by atomic mass is 35.5. The Balaban J connectivity index is 1.49. The van der Waals surface area contributed by atoms with Crippen LogP contribution in [0.1, 0.15) is 52.3 Å². The van der Waals surface area contributed by atoms with E-state index in [0.717, 1.165) is 43.1 Å². The fourth-order valence-electron chi connectivity index (χ4n) is 5.37. The smallest absolute Gasteiger partial charge is 0.336 e. The molecular weight excluding hydrogens is 678 g/mol. The van der Waals surface area contributed by atoms with Gasteiger partial charge in [-0.1, -0.05) is 25.4 Å². The van der Waals surface area contributed by atoms with E-state index < -0.39 is 42.5 Å². The van der Waals surface area contributed by atoms with Crippen LogP contribution >= 0.6 is 11.6 Å². The Morgan fingerprint density at radius 1 is 0.902 bits per heavy atom. The van der Waals surface area contributed by atoms with Crippen LogP contribution in [0.5, 0.6) is 17.2 Å². The molecule has 0 fully saturated rings. The Bertz CT molecular complexity index is 1740. The lowest BCUT2D eigenvalue weighted by molar-refractivity contribution is -0.173. The number of aromatic nitrogens is 2. The first kappa shape index (κ1) is 38.9. The molecule has 3 aromatic carbocycles. The first-order valence-corrected chi connectivity index (χ1v) is 17.2. The topological polar surface area (TPSA) is 161 Å². The summed E-state index contributed by atoms with van der Waals surface area (Å²) in [6.45, 7) is 9.54. The molecule has 2 unspecified atom stereocenters. The monoisotopic (exact) mass is 721 g/mol. The molecule has 13 heteroatoms. The molecule has 0 aliphatic rings. The van der Waals surface area contributed by atoms with Gasteiger partial charge in [0.15, 0.2) is 5.60 Å². The maximum absolute atomic E-state index is 12.5. The SMILES string of the molecule is CCN(CC)CCCOc1ccc(-c2cn(-c3ccc(Oc4ccc(Cl)cc4)cc3)c(CCC(C)OC(=O)CC(O)(CC(=O)O)C(=O)O)n2)cc1. The van der Waals surface area contributed by atoms with Crippen molar-refractivity contribution in [3.05, 3.63) is 89.8 Å². The molecular formula is C38H44ClN3O9. The van der Waals surface area contributed by atoms with Crippen molar-refractivity contribution in [3.8, 4) is 34.2 Å². The van der Waals surface area contributed by atoms with Crippen LogP contribution in [-0.2, 0) is 25.5 Å². The van der Waals surface area contributed by atoms with Crippen LogP contribution in [0.15, 0.2) is 79.0 Å². The molecule has 1 heterocycles. The number of hydrogen-bond acceptors (Lipinski definition) is 9. The quantitative estimate of drug-likeness (QED) is 0.0663. The van der Waals surface area contributed by atoms with E-state index in [1.165, 1.54) is 0 Å². The zero-order chi connectivity index (χ0) is 37.0. The predicted octanol–water partition coefficient (Wildman–Crippen LogP) is 6.64. The molecule has 51 heavy (non-hydrogen) atoms. The van der Waals surface area contributed by atoms with Crippen molar-refractivity contribution in [2.45, 2.75) is 64.6 Å². The third-order valence-electron chi connectivity index (χ3n) is 8.26. The van der Waals surface area contributed by atoms with Crippen LogP contribution in [0.2, 0.25) is 5.02 Å². The molecule has 12 nitrogen and oxygen atoms in total. The van der Waals surface area contributed by atoms with E-state index in [9.17, 15) is 24.6 Å². The van der Waals surface area contributed by atoms with Crippen LogP contribution < -0.4 is 9.47 Å². The van der Waals surface area contributed by atoms with Crippen LogP contribution in [0.4, 0.5) is 0 Å². The number of aliphatic carboxylic acids is 2. The van der Waals surface area contributed by atoms with Crippen LogP contribution in [0.25, 0.3) is 16.9 Å². The molecule has 3 N–H and O–H groups in total. The Hall–Kier alpha value is -4.91. The van der Waals surface area contributed by atoms with Gasteiger partial charge in [0.05, 0.1) is 31.2 Å². The molecule has 0 spiro atoms. The summed E-state index contributed by atoms with van der Waals surface area (Å²) in [5.41, 5.74) is -0.378. The van der Waals surface area contributed by atoms with Crippen LogP contribution in [-0.4, -0.2) is 85.6 Å². The molecule has 2 atom stereocenters. The third kappa shape index (κ3) is 11.6. The van der Waals surface area contributed by atoms with Crippen molar-refractivity contribution in [1.82, 2.24) is 14.5 Å². The number of rotatable bonds is 20. The normalized spacial score (nSPS) is 13.0. The van der Waals surface area contributed by atoms with E-state index in [4.69, 9.17) is 35.9 Å². The fourth-order valence-corrected chi connectivity index (χ4v) is 5.50. The Kier molecular flexibility index (Phi) is 14.0. The fraction of sp³-hybridized carbons (Fsp3) is 0.368. The maximum Gasteiger partial charge on any atom is 0.336 e. The van der Waals surface area contributed by atoms with Gasteiger partial charge in [-0.2, -0.15) is 0 Å². The van der Waals surface area contributed by atoms with Gasteiger partial charge in [0.1, 0.15) is 23.1 Å².